The van der Waals surface area contributed by atoms with Crippen molar-refractivity contribution in [3.8, 4) is 5.75 Å². The third-order valence-electron chi connectivity index (χ3n) is 4.44. The summed E-state index contributed by atoms with van der Waals surface area (Å²) in [6.07, 6.45) is 3.30. The van der Waals surface area contributed by atoms with Crippen LogP contribution in [0.2, 0.25) is 0 Å². The van der Waals surface area contributed by atoms with Crippen LogP contribution in [0, 0.1) is 13.8 Å². The van der Waals surface area contributed by atoms with Gasteiger partial charge in [0.25, 0.3) is 5.91 Å². The fraction of sp³-hybridized carbons (Fsp3) is 0.333. The number of hydrogen-bond acceptors (Lipinski definition) is 4. The number of rotatable bonds is 6. The molecule has 0 aromatic heterocycles. The molecule has 5 nitrogen and oxygen atoms in total. The molecule has 1 N–H and O–H groups in total. The predicted octanol–water partition coefficient (Wildman–Crippen LogP) is 3.35. The average molecular weight is 353 g/mol. The average Bonchev–Trinajstić information content (AvgIpc) is 3.08. The highest BCUT2D eigenvalue weighted by molar-refractivity contribution is 5.93. The molecule has 1 amide bonds. The van der Waals surface area contributed by atoms with Gasteiger partial charge in [-0.25, -0.2) is 4.79 Å². The highest BCUT2D eigenvalue weighted by atomic mass is 16.6. The molecule has 2 aromatic rings. The van der Waals surface area contributed by atoms with E-state index in [4.69, 9.17) is 9.47 Å². The van der Waals surface area contributed by atoms with Gasteiger partial charge in [-0.05, 0) is 73.6 Å². The first kappa shape index (κ1) is 18.0. The van der Waals surface area contributed by atoms with Crippen molar-refractivity contribution in [2.24, 2.45) is 0 Å². The van der Waals surface area contributed by atoms with Crippen LogP contribution in [0.5, 0.6) is 5.75 Å². The Morgan fingerprint density at radius 3 is 2.65 bits per heavy atom. The van der Waals surface area contributed by atoms with Gasteiger partial charge in [0.05, 0.1) is 0 Å². The van der Waals surface area contributed by atoms with Gasteiger partial charge in [-0.2, -0.15) is 0 Å². The van der Waals surface area contributed by atoms with E-state index in [2.05, 4.69) is 5.32 Å². The number of carbonyl (C=O) groups is 2. The van der Waals surface area contributed by atoms with E-state index < -0.39 is 5.97 Å². The van der Waals surface area contributed by atoms with E-state index in [-0.39, 0.29) is 19.1 Å². The van der Waals surface area contributed by atoms with Crippen molar-refractivity contribution in [3.05, 3.63) is 58.7 Å². The smallest absolute Gasteiger partial charge is 0.344 e. The van der Waals surface area contributed by atoms with Crippen molar-refractivity contribution >= 4 is 17.6 Å². The van der Waals surface area contributed by atoms with Gasteiger partial charge >= 0.3 is 5.97 Å². The lowest BCUT2D eigenvalue weighted by atomic mass is 10.1. The lowest BCUT2D eigenvalue weighted by Crippen LogP contribution is -2.23. The second kappa shape index (κ2) is 8.04. The van der Waals surface area contributed by atoms with E-state index in [1.807, 2.05) is 50.2 Å². The van der Waals surface area contributed by atoms with E-state index >= 15 is 0 Å². The third-order valence-corrected chi connectivity index (χ3v) is 4.44. The number of amides is 1. The number of aryl methyl sites for hydroxylation is 4. The van der Waals surface area contributed by atoms with Crippen LogP contribution < -0.4 is 10.1 Å². The van der Waals surface area contributed by atoms with Gasteiger partial charge < -0.3 is 14.8 Å². The number of ether oxygens (including phenoxy) is 2. The molecule has 3 rings (SSSR count). The number of benzene rings is 2. The zero-order valence-electron chi connectivity index (χ0n) is 15.1. The highest BCUT2D eigenvalue weighted by Gasteiger charge is 2.13. The molecule has 0 spiro atoms. The second-order valence-corrected chi connectivity index (χ2v) is 6.60. The number of esters is 1. The van der Waals surface area contributed by atoms with Gasteiger partial charge in [0.1, 0.15) is 5.75 Å². The Kier molecular flexibility index (Phi) is 5.56. The van der Waals surface area contributed by atoms with Gasteiger partial charge in [-0.15, -0.1) is 0 Å². The largest absolute Gasteiger partial charge is 0.482 e. The molecule has 0 saturated carbocycles. The Morgan fingerprint density at radius 1 is 1.00 bits per heavy atom. The van der Waals surface area contributed by atoms with Crippen LogP contribution in [0.1, 0.15) is 28.7 Å². The summed E-state index contributed by atoms with van der Waals surface area (Å²) in [5, 5.41) is 2.76. The van der Waals surface area contributed by atoms with E-state index in [1.54, 1.807) is 0 Å². The maximum Gasteiger partial charge on any atom is 0.344 e. The fourth-order valence-corrected chi connectivity index (χ4v) is 3.03. The molecule has 0 aliphatic heterocycles. The summed E-state index contributed by atoms with van der Waals surface area (Å²) in [4.78, 5) is 23.8. The monoisotopic (exact) mass is 353 g/mol. The summed E-state index contributed by atoms with van der Waals surface area (Å²) in [5.74, 6) is -0.289. The van der Waals surface area contributed by atoms with Crippen LogP contribution in [0.25, 0.3) is 0 Å². The van der Waals surface area contributed by atoms with Crippen molar-refractivity contribution in [2.75, 3.05) is 18.5 Å². The lowest BCUT2D eigenvalue weighted by Gasteiger charge is -2.10. The molecule has 1 aliphatic rings. The van der Waals surface area contributed by atoms with Gasteiger partial charge in [-0.1, -0.05) is 18.2 Å². The molecule has 0 fully saturated rings. The molecule has 2 aromatic carbocycles. The minimum absolute atomic E-state index is 0.226. The molecule has 5 heteroatoms. The minimum Gasteiger partial charge on any atom is -0.482 e. The Balaban J connectivity index is 1.44. The zero-order chi connectivity index (χ0) is 18.5. The summed E-state index contributed by atoms with van der Waals surface area (Å²) in [6.45, 7) is 3.31. The molecule has 0 unspecified atom stereocenters. The molecule has 0 saturated heterocycles. The summed E-state index contributed by atoms with van der Waals surface area (Å²) >= 11 is 0. The van der Waals surface area contributed by atoms with Gasteiger partial charge in [-0.3, -0.25) is 4.79 Å². The van der Waals surface area contributed by atoms with Crippen LogP contribution in [-0.4, -0.2) is 25.1 Å². The van der Waals surface area contributed by atoms with E-state index in [9.17, 15) is 9.59 Å². The van der Waals surface area contributed by atoms with Crippen LogP contribution in [0.3, 0.4) is 0 Å². The maximum atomic E-state index is 12.0. The molecule has 26 heavy (non-hydrogen) atoms. The molecule has 136 valence electrons. The SMILES string of the molecule is Cc1ccc(C)c(OCC(=O)OCC(=O)Nc2ccc3c(c2)CCC3)c1. The molecule has 0 radical (unpaired) electrons. The summed E-state index contributed by atoms with van der Waals surface area (Å²) in [6, 6.07) is 11.7. The van der Waals surface area contributed by atoms with Gasteiger partial charge in [0, 0.05) is 5.69 Å². The predicted molar refractivity (Wildman–Crippen MR) is 99.5 cm³/mol. The quantitative estimate of drug-likeness (QED) is 0.809. The topological polar surface area (TPSA) is 64.6 Å². The van der Waals surface area contributed by atoms with Crippen LogP contribution in [0.4, 0.5) is 5.69 Å². The molecular weight excluding hydrogens is 330 g/mol. The number of fused-ring (bicyclic) bond motifs is 1. The molecule has 0 bridgehead atoms. The van der Waals surface area contributed by atoms with E-state index in [0.717, 1.165) is 36.1 Å². The number of anilines is 1. The van der Waals surface area contributed by atoms with Crippen molar-refractivity contribution < 1.29 is 19.1 Å². The standard InChI is InChI=1S/C21H23NO4/c1-14-6-7-15(2)19(10-14)25-13-21(24)26-12-20(23)22-18-9-8-16-4-3-5-17(16)11-18/h6-11H,3-5,12-13H2,1-2H3,(H,22,23). The zero-order valence-corrected chi connectivity index (χ0v) is 15.1. The van der Waals surface area contributed by atoms with Gasteiger partial charge in [0.2, 0.25) is 0 Å². The van der Waals surface area contributed by atoms with Crippen molar-refractivity contribution in [1.82, 2.24) is 0 Å². The molecule has 0 atom stereocenters. The molecule has 1 aliphatic carbocycles. The highest BCUT2D eigenvalue weighted by Crippen LogP contribution is 2.24. The number of hydrogen-bond donors (Lipinski definition) is 1. The van der Waals surface area contributed by atoms with Crippen LogP contribution in [0.15, 0.2) is 36.4 Å². The number of carbonyl (C=O) groups excluding carboxylic acids is 2. The minimum atomic E-state index is -0.574. The Morgan fingerprint density at radius 2 is 1.81 bits per heavy atom. The Labute approximate surface area is 153 Å². The van der Waals surface area contributed by atoms with Crippen LogP contribution >= 0.6 is 0 Å². The Bertz CT molecular complexity index is 829. The van der Waals surface area contributed by atoms with E-state index in [0.29, 0.717) is 5.75 Å². The molecule has 0 heterocycles. The summed E-state index contributed by atoms with van der Waals surface area (Å²) in [5.41, 5.74) is 5.35. The first-order chi connectivity index (χ1) is 12.5. The second-order valence-electron chi connectivity index (χ2n) is 6.60. The number of nitrogens with one attached hydrogen (secondary N) is 1. The third kappa shape index (κ3) is 4.63. The normalized spacial score (nSPS) is 12.4. The first-order valence-corrected chi connectivity index (χ1v) is 8.78. The lowest BCUT2D eigenvalue weighted by molar-refractivity contribution is -0.149. The summed E-state index contributed by atoms with van der Waals surface area (Å²) in [7, 11) is 0. The maximum absolute atomic E-state index is 12.0. The fourth-order valence-electron chi connectivity index (χ4n) is 3.03. The van der Waals surface area contributed by atoms with Crippen molar-refractivity contribution in [3.63, 3.8) is 0 Å². The summed E-state index contributed by atoms with van der Waals surface area (Å²) < 4.78 is 10.5. The molecular formula is C21H23NO4. The van der Waals surface area contributed by atoms with Crippen molar-refractivity contribution in [1.29, 1.82) is 0 Å². The van der Waals surface area contributed by atoms with Crippen LogP contribution in [-0.2, 0) is 27.2 Å². The van der Waals surface area contributed by atoms with Gasteiger partial charge in [0.15, 0.2) is 13.2 Å². The van der Waals surface area contributed by atoms with E-state index in [1.165, 1.54) is 11.1 Å². The first-order valence-electron chi connectivity index (χ1n) is 8.78. The van der Waals surface area contributed by atoms with Crippen molar-refractivity contribution in [2.45, 2.75) is 33.1 Å². The Hall–Kier alpha value is -2.82.